The van der Waals surface area contributed by atoms with Gasteiger partial charge in [0.25, 0.3) is 0 Å². The summed E-state index contributed by atoms with van der Waals surface area (Å²) in [6, 6.07) is 8.51. The zero-order valence-electron chi connectivity index (χ0n) is 9.74. The number of nitrogens with one attached hydrogen (secondary N) is 1. The van der Waals surface area contributed by atoms with Crippen LogP contribution in [0.2, 0.25) is 0 Å². The van der Waals surface area contributed by atoms with Crippen molar-refractivity contribution in [2.75, 3.05) is 25.1 Å². The van der Waals surface area contributed by atoms with Gasteiger partial charge in [-0.05, 0) is 49.9 Å². The molecule has 0 saturated carbocycles. The Morgan fingerprint density at radius 2 is 2.19 bits per heavy atom. The molecule has 1 atom stereocenters. The number of ether oxygens (including phenoxy) is 1. The summed E-state index contributed by atoms with van der Waals surface area (Å²) in [4.78, 5) is 0. The summed E-state index contributed by atoms with van der Waals surface area (Å²) in [5.41, 5.74) is 1.36. The fourth-order valence-electron chi connectivity index (χ4n) is 1.80. The molecule has 1 aromatic rings. The van der Waals surface area contributed by atoms with Crippen LogP contribution in [-0.4, -0.2) is 31.2 Å². The third kappa shape index (κ3) is 3.42. The van der Waals surface area contributed by atoms with Gasteiger partial charge < -0.3 is 10.1 Å². The van der Waals surface area contributed by atoms with Crippen molar-refractivity contribution in [2.24, 2.45) is 0 Å². The summed E-state index contributed by atoms with van der Waals surface area (Å²) in [5, 5.41) is 3.16. The molecule has 1 aliphatic heterocycles. The van der Waals surface area contributed by atoms with Crippen LogP contribution in [0.4, 0.5) is 0 Å². The highest BCUT2D eigenvalue weighted by Gasteiger charge is 2.16. The smallest absolute Gasteiger partial charge is 0.119 e. The summed E-state index contributed by atoms with van der Waals surface area (Å²) in [5.74, 6) is 3.40. The first-order valence-electron chi connectivity index (χ1n) is 5.86. The van der Waals surface area contributed by atoms with E-state index in [1.54, 1.807) is 0 Å². The molecule has 0 aliphatic carbocycles. The molecule has 1 saturated heterocycles. The predicted octanol–water partition coefficient (Wildman–Crippen LogP) is 2.33. The molecule has 1 unspecified atom stereocenters. The molecule has 16 heavy (non-hydrogen) atoms. The number of hydrogen-bond acceptors (Lipinski definition) is 3. The first-order chi connectivity index (χ1) is 7.88. The first kappa shape index (κ1) is 11.8. The maximum absolute atomic E-state index is 5.90. The van der Waals surface area contributed by atoms with Gasteiger partial charge in [-0.3, -0.25) is 0 Å². The molecule has 1 heterocycles. The van der Waals surface area contributed by atoms with Crippen LogP contribution >= 0.6 is 11.8 Å². The van der Waals surface area contributed by atoms with Gasteiger partial charge in [0.1, 0.15) is 11.9 Å². The second kappa shape index (κ2) is 6.16. The minimum Gasteiger partial charge on any atom is -0.490 e. The molecule has 2 nitrogen and oxygen atoms in total. The Labute approximate surface area is 102 Å². The van der Waals surface area contributed by atoms with Gasteiger partial charge in [-0.1, -0.05) is 12.1 Å². The van der Waals surface area contributed by atoms with Gasteiger partial charge in [0.15, 0.2) is 0 Å². The van der Waals surface area contributed by atoms with E-state index in [9.17, 15) is 0 Å². The lowest BCUT2D eigenvalue weighted by Gasteiger charge is -2.12. The minimum absolute atomic E-state index is 0.424. The minimum atomic E-state index is 0.424. The van der Waals surface area contributed by atoms with Crippen molar-refractivity contribution in [3.8, 4) is 5.75 Å². The lowest BCUT2D eigenvalue weighted by atomic mass is 10.1. The molecule has 0 amide bonds. The summed E-state index contributed by atoms with van der Waals surface area (Å²) >= 11 is 1.98. The van der Waals surface area contributed by atoms with Gasteiger partial charge in [0, 0.05) is 5.75 Å². The summed E-state index contributed by atoms with van der Waals surface area (Å²) in [7, 11) is 1.98. The number of thioether (sulfide) groups is 1. The highest BCUT2D eigenvalue weighted by molar-refractivity contribution is 7.99. The van der Waals surface area contributed by atoms with Crippen LogP contribution in [0.3, 0.4) is 0 Å². The molecule has 2 rings (SSSR count). The number of hydrogen-bond donors (Lipinski definition) is 1. The summed E-state index contributed by atoms with van der Waals surface area (Å²) in [6.07, 6.45) is 2.69. The third-order valence-electron chi connectivity index (χ3n) is 2.78. The van der Waals surface area contributed by atoms with Crippen molar-refractivity contribution in [2.45, 2.75) is 18.9 Å². The summed E-state index contributed by atoms with van der Waals surface area (Å²) < 4.78 is 5.90. The Morgan fingerprint density at radius 3 is 2.81 bits per heavy atom. The zero-order valence-corrected chi connectivity index (χ0v) is 10.6. The van der Waals surface area contributed by atoms with Gasteiger partial charge in [-0.15, -0.1) is 0 Å². The van der Waals surface area contributed by atoms with Gasteiger partial charge in [-0.2, -0.15) is 11.8 Å². The van der Waals surface area contributed by atoms with Crippen LogP contribution in [-0.2, 0) is 6.42 Å². The topological polar surface area (TPSA) is 21.3 Å². The van der Waals surface area contributed by atoms with Crippen molar-refractivity contribution < 1.29 is 4.74 Å². The molecular formula is C13H19NOS. The number of benzene rings is 1. The third-order valence-corrected chi connectivity index (χ3v) is 3.91. The Balaban J connectivity index is 1.86. The van der Waals surface area contributed by atoms with Gasteiger partial charge >= 0.3 is 0 Å². The molecule has 1 aromatic carbocycles. The predicted molar refractivity (Wildman–Crippen MR) is 70.4 cm³/mol. The quantitative estimate of drug-likeness (QED) is 0.849. The fraction of sp³-hybridized carbons (Fsp3) is 0.538. The fourth-order valence-corrected chi connectivity index (χ4v) is 2.90. The Morgan fingerprint density at radius 1 is 1.38 bits per heavy atom. The standard InChI is InChI=1S/C13H19NOS/c1-14-8-6-11-2-4-12(5-3-11)15-13-7-9-16-10-13/h2-5,13-14H,6-10H2,1H3. The Hall–Kier alpha value is -0.670. The van der Waals surface area contributed by atoms with Crippen molar-refractivity contribution in [3.63, 3.8) is 0 Å². The molecule has 1 N–H and O–H groups in total. The molecule has 1 aliphatic rings. The maximum atomic E-state index is 5.90. The van der Waals surface area contributed by atoms with E-state index in [0.29, 0.717) is 6.10 Å². The zero-order chi connectivity index (χ0) is 11.2. The molecule has 0 radical (unpaired) electrons. The van der Waals surface area contributed by atoms with Crippen molar-refractivity contribution in [1.82, 2.24) is 5.32 Å². The highest BCUT2D eigenvalue weighted by atomic mass is 32.2. The lowest BCUT2D eigenvalue weighted by molar-refractivity contribution is 0.229. The monoisotopic (exact) mass is 237 g/mol. The van der Waals surface area contributed by atoms with Crippen molar-refractivity contribution in [1.29, 1.82) is 0 Å². The van der Waals surface area contributed by atoms with E-state index in [0.717, 1.165) is 24.5 Å². The second-order valence-electron chi connectivity index (χ2n) is 4.10. The van der Waals surface area contributed by atoms with Crippen LogP contribution in [0.5, 0.6) is 5.75 Å². The van der Waals surface area contributed by atoms with Crippen LogP contribution in [0.25, 0.3) is 0 Å². The van der Waals surface area contributed by atoms with Crippen LogP contribution < -0.4 is 10.1 Å². The molecule has 0 bridgehead atoms. The van der Waals surface area contributed by atoms with Gasteiger partial charge in [0.05, 0.1) is 0 Å². The summed E-state index contributed by atoms with van der Waals surface area (Å²) in [6.45, 7) is 1.03. The highest BCUT2D eigenvalue weighted by Crippen LogP contribution is 2.23. The molecule has 0 spiro atoms. The van der Waals surface area contributed by atoms with Crippen molar-refractivity contribution in [3.05, 3.63) is 29.8 Å². The van der Waals surface area contributed by atoms with Crippen LogP contribution in [0, 0.1) is 0 Å². The molecular weight excluding hydrogens is 218 g/mol. The van der Waals surface area contributed by atoms with E-state index in [4.69, 9.17) is 4.74 Å². The number of likely N-dealkylation sites (N-methyl/N-ethyl adjacent to an activating group) is 1. The normalized spacial score (nSPS) is 19.9. The van der Waals surface area contributed by atoms with E-state index in [1.165, 1.54) is 17.7 Å². The van der Waals surface area contributed by atoms with E-state index in [-0.39, 0.29) is 0 Å². The largest absolute Gasteiger partial charge is 0.490 e. The second-order valence-corrected chi connectivity index (χ2v) is 5.25. The van der Waals surface area contributed by atoms with E-state index >= 15 is 0 Å². The maximum Gasteiger partial charge on any atom is 0.119 e. The van der Waals surface area contributed by atoms with E-state index < -0.39 is 0 Å². The lowest BCUT2D eigenvalue weighted by Crippen LogP contribution is -2.14. The van der Waals surface area contributed by atoms with E-state index in [2.05, 4.69) is 29.6 Å². The van der Waals surface area contributed by atoms with E-state index in [1.807, 2.05) is 18.8 Å². The van der Waals surface area contributed by atoms with Crippen LogP contribution in [0.15, 0.2) is 24.3 Å². The Bertz CT molecular complexity index is 306. The van der Waals surface area contributed by atoms with Crippen molar-refractivity contribution >= 4 is 11.8 Å². The molecule has 88 valence electrons. The van der Waals surface area contributed by atoms with Gasteiger partial charge in [0.2, 0.25) is 0 Å². The average molecular weight is 237 g/mol. The van der Waals surface area contributed by atoms with Gasteiger partial charge in [-0.25, -0.2) is 0 Å². The number of rotatable bonds is 5. The van der Waals surface area contributed by atoms with Crippen LogP contribution in [0.1, 0.15) is 12.0 Å². The Kier molecular flexibility index (Phi) is 4.55. The molecule has 0 aromatic heterocycles. The SMILES string of the molecule is CNCCc1ccc(OC2CCSC2)cc1. The molecule has 1 fully saturated rings. The average Bonchev–Trinajstić information content (AvgIpc) is 2.81. The molecule has 3 heteroatoms. The first-order valence-corrected chi connectivity index (χ1v) is 7.02.